The van der Waals surface area contributed by atoms with Gasteiger partial charge in [0.1, 0.15) is 5.65 Å². The highest BCUT2D eigenvalue weighted by atomic mass is 16.5. The predicted octanol–water partition coefficient (Wildman–Crippen LogP) is 1.72. The molecule has 0 atom stereocenters. The maximum absolute atomic E-state index is 13.2. The molecule has 170 valence electrons. The van der Waals surface area contributed by atoms with E-state index >= 15 is 0 Å². The number of carbonyl (C=O) groups excluding carboxylic acids is 1. The van der Waals surface area contributed by atoms with Gasteiger partial charge >= 0.3 is 0 Å². The molecule has 3 heterocycles. The lowest BCUT2D eigenvalue weighted by Crippen LogP contribution is -2.41. The Labute approximate surface area is 187 Å². The Morgan fingerprint density at radius 3 is 2.59 bits per heavy atom. The molecule has 4 rings (SSSR count). The third-order valence-electron chi connectivity index (χ3n) is 6.20. The summed E-state index contributed by atoms with van der Waals surface area (Å²) in [6.07, 6.45) is 0.699. The van der Waals surface area contributed by atoms with Gasteiger partial charge < -0.3 is 10.1 Å². The second kappa shape index (κ2) is 9.67. The van der Waals surface area contributed by atoms with Crippen LogP contribution in [0.4, 0.5) is 0 Å². The van der Waals surface area contributed by atoms with Crippen molar-refractivity contribution in [3.8, 4) is 5.69 Å². The van der Waals surface area contributed by atoms with E-state index in [1.54, 1.807) is 11.6 Å². The molecule has 1 amide bonds. The van der Waals surface area contributed by atoms with Gasteiger partial charge in [0, 0.05) is 50.6 Å². The summed E-state index contributed by atoms with van der Waals surface area (Å²) < 4.78 is 8.82. The van der Waals surface area contributed by atoms with E-state index in [1.807, 2.05) is 48.9 Å². The summed E-state index contributed by atoms with van der Waals surface area (Å²) >= 11 is 0. The molecule has 2 aromatic heterocycles. The van der Waals surface area contributed by atoms with Crippen molar-refractivity contribution in [2.75, 3.05) is 39.4 Å². The van der Waals surface area contributed by atoms with Gasteiger partial charge in [-0.3, -0.25) is 19.1 Å². The lowest BCUT2D eigenvalue weighted by atomic mass is 10.0. The second-order valence-corrected chi connectivity index (χ2v) is 8.30. The van der Waals surface area contributed by atoms with Gasteiger partial charge in [-0.05, 0) is 38.0 Å². The van der Waals surface area contributed by atoms with Crippen LogP contribution in [-0.4, -0.2) is 64.5 Å². The maximum Gasteiger partial charge on any atom is 0.255 e. The second-order valence-electron chi connectivity index (χ2n) is 8.30. The summed E-state index contributed by atoms with van der Waals surface area (Å²) in [4.78, 5) is 27.9. The highest BCUT2D eigenvalue weighted by Gasteiger charge is 2.20. The molecule has 1 aliphatic rings. The van der Waals surface area contributed by atoms with Crippen LogP contribution in [0, 0.1) is 13.8 Å². The lowest BCUT2D eigenvalue weighted by Gasteiger charge is -2.26. The van der Waals surface area contributed by atoms with E-state index in [1.165, 1.54) is 0 Å². The van der Waals surface area contributed by atoms with Crippen LogP contribution in [0.5, 0.6) is 0 Å². The summed E-state index contributed by atoms with van der Waals surface area (Å²) in [5.74, 6) is -0.0310. The fourth-order valence-electron chi connectivity index (χ4n) is 4.42. The molecule has 0 radical (unpaired) electrons. The van der Waals surface area contributed by atoms with Crippen LogP contribution >= 0.6 is 0 Å². The number of hydrogen-bond acceptors (Lipinski definition) is 5. The van der Waals surface area contributed by atoms with Crippen LogP contribution in [-0.2, 0) is 23.0 Å². The maximum atomic E-state index is 13.2. The molecule has 0 spiro atoms. The standard InChI is InChI=1S/C24H31N5O3/c1-17-20(9-10-21(30)25-11-12-28-13-15-32-16-14-28)24(31)27(3)23-22(17)18(2)26-29(23)19-7-5-4-6-8-19/h4-8H,9-16H2,1-3H3,(H,25,30). The first-order chi connectivity index (χ1) is 15.5. The first kappa shape index (κ1) is 22.2. The van der Waals surface area contributed by atoms with Gasteiger partial charge in [0.15, 0.2) is 0 Å². The quantitative estimate of drug-likeness (QED) is 0.609. The van der Waals surface area contributed by atoms with E-state index in [-0.39, 0.29) is 17.9 Å². The smallest absolute Gasteiger partial charge is 0.255 e. The Bertz CT molecular complexity index is 1160. The first-order valence-electron chi connectivity index (χ1n) is 11.2. The van der Waals surface area contributed by atoms with Gasteiger partial charge in [-0.1, -0.05) is 18.2 Å². The van der Waals surface area contributed by atoms with Crippen molar-refractivity contribution in [2.24, 2.45) is 7.05 Å². The Balaban J connectivity index is 1.50. The van der Waals surface area contributed by atoms with Crippen LogP contribution in [0.15, 0.2) is 35.1 Å². The molecule has 8 nitrogen and oxygen atoms in total. The number of aryl methyl sites for hydroxylation is 3. The molecule has 1 fully saturated rings. The molecular weight excluding hydrogens is 406 g/mol. The Kier molecular flexibility index (Phi) is 6.72. The largest absolute Gasteiger partial charge is 0.379 e. The fraction of sp³-hybridized carbons (Fsp3) is 0.458. The number of rotatable bonds is 7. The van der Waals surface area contributed by atoms with Gasteiger partial charge in [0.25, 0.3) is 5.56 Å². The Morgan fingerprint density at radius 2 is 1.88 bits per heavy atom. The molecule has 0 saturated carbocycles. The van der Waals surface area contributed by atoms with Gasteiger partial charge in [-0.2, -0.15) is 5.10 Å². The van der Waals surface area contributed by atoms with Crippen molar-refractivity contribution >= 4 is 16.9 Å². The van der Waals surface area contributed by atoms with Crippen molar-refractivity contribution < 1.29 is 9.53 Å². The number of fused-ring (bicyclic) bond motifs is 1. The number of pyridine rings is 1. The monoisotopic (exact) mass is 437 g/mol. The van der Waals surface area contributed by atoms with E-state index in [0.717, 1.165) is 60.8 Å². The summed E-state index contributed by atoms with van der Waals surface area (Å²) in [6.45, 7) is 8.65. The first-order valence-corrected chi connectivity index (χ1v) is 11.2. The minimum absolute atomic E-state index is 0.0310. The number of hydrogen-bond donors (Lipinski definition) is 1. The molecule has 0 unspecified atom stereocenters. The third kappa shape index (κ3) is 4.47. The summed E-state index contributed by atoms with van der Waals surface area (Å²) in [7, 11) is 1.77. The number of carbonyl (C=O) groups is 1. The molecule has 32 heavy (non-hydrogen) atoms. The van der Waals surface area contributed by atoms with E-state index < -0.39 is 0 Å². The van der Waals surface area contributed by atoms with Crippen LogP contribution < -0.4 is 10.9 Å². The third-order valence-corrected chi connectivity index (χ3v) is 6.20. The lowest BCUT2D eigenvalue weighted by molar-refractivity contribution is -0.121. The molecular formula is C24H31N5O3. The minimum Gasteiger partial charge on any atom is -0.379 e. The highest BCUT2D eigenvalue weighted by Crippen LogP contribution is 2.25. The molecule has 1 aromatic carbocycles. The van der Waals surface area contributed by atoms with Crippen molar-refractivity contribution in [1.29, 1.82) is 0 Å². The number of para-hydroxylation sites is 1. The van der Waals surface area contributed by atoms with E-state index in [2.05, 4.69) is 10.2 Å². The summed E-state index contributed by atoms with van der Waals surface area (Å²) in [5.41, 5.74) is 4.06. The van der Waals surface area contributed by atoms with Crippen LogP contribution in [0.1, 0.15) is 23.2 Å². The average molecular weight is 438 g/mol. The number of morpholine rings is 1. The topological polar surface area (TPSA) is 81.4 Å². The average Bonchev–Trinajstić information content (AvgIpc) is 3.16. The number of aromatic nitrogens is 3. The molecule has 3 aromatic rings. The number of nitrogens with one attached hydrogen (secondary N) is 1. The Hall–Kier alpha value is -2.97. The number of nitrogens with zero attached hydrogens (tertiary/aromatic N) is 4. The van der Waals surface area contributed by atoms with Crippen molar-refractivity contribution in [3.63, 3.8) is 0 Å². The van der Waals surface area contributed by atoms with E-state index in [9.17, 15) is 9.59 Å². The molecule has 0 bridgehead atoms. The zero-order valence-corrected chi connectivity index (χ0v) is 19.1. The van der Waals surface area contributed by atoms with Crippen LogP contribution in [0.2, 0.25) is 0 Å². The molecule has 1 saturated heterocycles. The zero-order valence-electron chi connectivity index (χ0n) is 19.1. The SMILES string of the molecule is Cc1nn(-c2ccccc2)c2c1c(C)c(CCC(=O)NCCN1CCOCC1)c(=O)n2C. The van der Waals surface area contributed by atoms with Crippen molar-refractivity contribution in [2.45, 2.75) is 26.7 Å². The molecule has 1 aliphatic heterocycles. The predicted molar refractivity (Wildman–Crippen MR) is 124 cm³/mol. The van der Waals surface area contributed by atoms with Gasteiger partial charge in [-0.15, -0.1) is 0 Å². The highest BCUT2D eigenvalue weighted by molar-refractivity contribution is 5.85. The van der Waals surface area contributed by atoms with Gasteiger partial charge in [0.05, 0.1) is 24.6 Å². The normalized spacial score (nSPS) is 14.7. The molecule has 0 aliphatic carbocycles. The van der Waals surface area contributed by atoms with E-state index in [0.29, 0.717) is 18.5 Å². The fourth-order valence-corrected chi connectivity index (χ4v) is 4.42. The minimum atomic E-state index is -0.0757. The summed E-state index contributed by atoms with van der Waals surface area (Å²) in [6, 6.07) is 9.81. The number of amides is 1. The van der Waals surface area contributed by atoms with E-state index in [4.69, 9.17) is 9.84 Å². The van der Waals surface area contributed by atoms with Crippen molar-refractivity contribution in [3.05, 3.63) is 57.5 Å². The zero-order chi connectivity index (χ0) is 22.7. The number of ether oxygens (including phenoxy) is 1. The molecule has 8 heteroatoms. The number of benzene rings is 1. The Morgan fingerprint density at radius 1 is 1.16 bits per heavy atom. The van der Waals surface area contributed by atoms with Gasteiger partial charge in [-0.25, -0.2) is 4.68 Å². The molecule has 1 N–H and O–H groups in total. The van der Waals surface area contributed by atoms with Crippen LogP contribution in [0.3, 0.4) is 0 Å². The van der Waals surface area contributed by atoms with Crippen molar-refractivity contribution in [1.82, 2.24) is 24.6 Å². The van der Waals surface area contributed by atoms with Crippen LogP contribution in [0.25, 0.3) is 16.7 Å². The van der Waals surface area contributed by atoms with Gasteiger partial charge in [0.2, 0.25) is 5.91 Å². The summed E-state index contributed by atoms with van der Waals surface area (Å²) in [5, 5.41) is 8.66.